The Morgan fingerprint density at radius 3 is 2.44 bits per heavy atom. The Hall–Kier alpha value is -1.61. The molecule has 0 radical (unpaired) electrons. The van der Waals surface area contributed by atoms with Crippen LogP contribution in [0.1, 0.15) is 5.56 Å². The van der Waals surface area contributed by atoms with Crippen LogP contribution in [0.4, 0.5) is 10.2 Å². The van der Waals surface area contributed by atoms with E-state index < -0.39 is 0 Å². The van der Waals surface area contributed by atoms with E-state index in [1.807, 2.05) is 13.0 Å². The fourth-order valence-electron chi connectivity index (χ4n) is 1.44. The number of anilines is 1. The summed E-state index contributed by atoms with van der Waals surface area (Å²) in [5.74, 6) is 0.213. The number of pyridine rings is 1. The molecular weight excluding hydrogens is 227 g/mol. The number of hydrogen-bond donors (Lipinski definition) is 1. The van der Waals surface area contributed by atoms with Gasteiger partial charge < -0.3 is 5.73 Å². The summed E-state index contributed by atoms with van der Waals surface area (Å²) >= 11 is 0. The van der Waals surface area contributed by atoms with Crippen molar-refractivity contribution in [2.45, 2.75) is 6.92 Å². The first kappa shape index (κ1) is 12.5. The molecule has 0 spiro atoms. The van der Waals surface area contributed by atoms with E-state index in [1.165, 1.54) is 12.1 Å². The third-order valence-electron chi connectivity index (χ3n) is 2.21. The molecule has 4 heteroatoms. The van der Waals surface area contributed by atoms with Crippen LogP contribution in [0.25, 0.3) is 11.1 Å². The van der Waals surface area contributed by atoms with E-state index in [-0.39, 0.29) is 18.2 Å². The quantitative estimate of drug-likeness (QED) is 0.829. The van der Waals surface area contributed by atoms with Crippen LogP contribution in [0, 0.1) is 12.7 Å². The molecule has 0 aliphatic heterocycles. The number of halogens is 2. The highest BCUT2D eigenvalue weighted by Gasteiger charge is 2.03. The molecule has 0 saturated heterocycles. The van der Waals surface area contributed by atoms with Gasteiger partial charge in [-0.2, -0.15) is 0 Å². The van der Waals surface area contributed by atoms with E-state index in [9.17, 15) is 4.39 Å². The molecule has 1 aromatic carbocycles. The summed E-state index contributed by atoms with van der Waals surface area (Å²) in [5.41, 5.74) is 8.51. The van der Waals surface area contributed by atoms with E-state index in [1.54, 1.807) is 18.3 Å². The van der Waals surface area contributed by atoms with Crippen molar-refractivity contribution in [3.05, 3.63) is 47.9 Å². The lowest BCUT2D eigenvalue weighted by Gasteiger charge is -2.05. The average Bonchev–Trinajstić information content (AvgIpc) is 2.23. The van der Waals surface area contributed by atoms with Gasteiger partial charge in [0.2, 0.25) is 0 Å². The monoisotopic (exact) mass is 238 g/mol. The van der Waals surface area contributed by atoms with Gasteiger partial charge in [-0.05, 0) is 36.2 Å². The number of benzene rings is 1. The summed E-state index contributed by atoms with van der Waals surface area (Å²) in [6, 6.07) is 8.16. The maximum atomic E-state index is 12.7. The number of aryl methyl sites for hydroxylation is 1. The molecule has 0 bridgehead atoms. The fourth-order valence-corrected chi connectivity index (χ4v) is 1.44. The van der Waals surface area contributed by atoms with Gasteiger partial charge in [0.15, 0.2) is 0 Å². The summed E-state index contributed by atoms with van der Waals surface area (Å²) in [5, 5.41) is 0. The molecule has 1 heterocycles. The molecule has 84 valence electrons. The molecule has 0 saturated carbocycles. The minimum absolute atomic E-state index is 0. The van der Waals surface area contributed by atoms with Crippen molar-refractivity contribution in [3.8, 4) is 11.1 Å². The van der Waals surface area contributed by atoms with Gasteiger partial charge in [-0.3, -0.25) is 0 Å². The Kier molecular flexibility index (Phi) is 3.85. The van der Waals surface area contributed by atoms with E-state index >= 15 is 0 Å². The van der Waals surface area contributed by atoms with E-state index in [4.69, 9.17) is 5.73 Å². The molecule has 2 rings (SSSR count). The third-order valence-corrected chi connectivity index (χ3v) is 2.21. The Bertz CT molecular complexity index is 483. The zero-order valence-electron chi connectivity index (χ0n) is 8.77. The van der Waals surface area contributed by atoms with Gasteiger partial charge in [0.05, 0.1) is 0 Å². The zero-order chi connectivity index (χ0) is 10.8. The summed E-state index contributed by atoms with van der Waals surface area (Å²) in [7, 11) is 0. The van der Waals surface area contributed by atoms with Crippen LogP contribution in [0.15, 0.2) is 36.5 Å². The highest BCUT2D eigenvalue weighted by atomic mass is 35.5. The average molecular weight is 239 g/mol. The first-order valence-corrected chi connectivity index (χ1v) is 4.65. The van der Waals surface area contributed by atoms with Gasteiger partial charge in [-0.15, -0.1) is 12.4 Å². The normalized spacial score (nSPS) is 9.62. The lowest BCUT2D eigenvalue weighted by Crippen LogP contribution is -1.94. The van der Waals surface area contributed by atoms with Gasteiger partial charge in [0.25, 0.3) is 0 Å². The van der Waals surface area contributed by atoms with E-state index in [2.05, 4.69) is 4.98 Å². The molecular formula is C12H12ClFN2. The molecule has 0 unspecified atom stereocenters. The van der Waals surface area contributed by atoms with Crippen molar-refractivity contribution in [1.82, 2.24) is 4.98 Å². The predicted molar refractivity (Wildman–Crippen MR) is 66.0 cm³/mol. The molecule has 16 heavy (non-hydrogen) atoms. The SMILES string of the molecule is Cc1cnc(N)c(-c2ccc(F)cc2)c1.Cl. The van der Waals surface area contributed by atoms with Crippen LogP contribution < -0.4 is 5.73 Å². The van der Waals surface area contributed by atoms with Crippen molar-refractivity contribution in [3.63, 3.8) is 0 Å². The van der Waals surface area contributed by atoms with E-state index in [0.717, 1.165) is 16.7 Å². The van der Waals surface area contributed by atoms with Crippen molar-refractivity contribution < 1.29 is 4.39 Å². The Labute approximate surface area is 99.7 Å². The molecule has 0 amide bonds. The maximum absolute atomic E-state index is 12.7. The Morgan fingerprint density at radius 1 is 1.19 bits per heavy atom. The van der Waals surface area contributed by atoms with Gasteiger partial charge in [0.1, 0.15) is 11.6 Å². The molecule has 2 N–H and O–H groups in total. The topological polar surface area (TPSA) is 38.9 Å². The Balaban J connectivity index is 0.00000128. The molecule has 0 aliphatic rings. The van der Waals surface area contributed by atoms with Crippen LogP contribution in [0.5, 0.6) is 0 Å². The highest BCUT2D eigenvalue weighted by molar-refractivity contribution is 5.85. The summed E-state index contributed by atoms with van der Waals surface area (Å²) in [6.45, 7) is 1.94. The second-order valence-electron chi connectivity index (χ2n) is 3.45. The number of aromatic nitrogens is 1. The lowest BCUT2D eigenvalue weighted by molar-refractivity contribution is 0.628. The zero-order valence-corrected chi connectivity index (χ0v) is 9.59. The van der Waals surface area contributed by atoms with Crippen LogP contribution in [-0.4, -0.2) is 4.98 Å². The first-order valence-electron chi connectivity index (χ1n) is 4.65. The second kappa shape index (κ2) is 4.94. The third kappa shape index (κ3) is 2.49. The van der Waals surface area contributed by atoms with Crippen molar-refractivity contribution >= 4 is 18.2 Å². The molecule has 2 nitrogen and oxygen atoms in total. The minimum atomic E-state index is -0.252. The van der Waals surface area contributed by atoms with Gasteiger partial charge >= 0.3 is 0 Å². The van der Waals surface area contributed by atoms with Crippen LogP contribution in [-0.2, 0) is 0 Å². The van der Waals surface area contributed by atoms with Crippen LogP contribution in [0.2, 0.25) is 0 Å². The molecule has 1 aromatic heterocycles. The molecule has 0 aliphatic carbocycles. The standard InChI is InChI=1S/C12H11FN2.ClH/c1-8-6-11(12(14)15-7-8)9-2-4-10(13)5-3-9;/h2-7H,1H3,(H2,14,15);1H. The molecule has 0 fully saturated rings. The summed E-state index contributed by atoms with van der Waals surface area (Å²) in [4.78, 5) is 4.06. The largest absolute Gasteiger partial charge is 0.383 e. The van der Waals surface area contributed by atoms with Crippen LogP contribution >= 0.6 is 12.4 Å². The number of rotatable bonds is 1. The number of nitrogens with zero attached hydrogens (tertiary/aromatic N) is 1. The van der Waals surface area contributed by atoms with Gasteiger partial charge in [0, 0.05) is 11.8 Å². The first-order chi connectivity index (χ1) is 7.16. The van der Waals surface area contributed by atoms with Gasteiger partial charge in [-0.25, -0.2) is 9.37 Å². The fraction of sp³-hybridized carbons (Fsp3) is 0.0833. The summed E-state index contributed by atoms with van der Waals surface area (Å²) in [6.07, 6.45) is 1.71. The smallest absolute Gasteiger partial charge is 0.131 e. The van der Waals surface area contributed by atoms with Crippen molar-refractivity contribution in [2.24, 2.45) is 0 Å². The number of nitrogen functional groups attached to an aromatic ring is 1. The van der Waals surface area contributed by atoms with E-state index in [0.29, 0.717) is 5.82 Å². The highest BCUT2D eigenvalue weighted by Crippen LogP contribution is 2.24. The second-order valence-corrected chi connectivity index (χ2v) is 3.45. The lowest BCUT2D eigenvalue weighted by atomic mass is 10.1. The minimum Gasteiger partial charge on any atom is -0.383 e. The van der Waals surface area contributed by atoms with Crippen molar-refractivity contribution in [2.75, 3.05) is 5.73 Å². The molecule has 2 aromatic rings. The van der Waals surface area contributed by atoms with Crippen molar-refractivity contribution in [1.29, 1.82) is 0 Å². The van der Waals surface area contributed by atoms with Gasteiger partial charge in [-0.1, -0.05) is 12.1 Å². The predicted octanol–water partition coefficient (Wildman–Crippen LogP) is 3.20. The number of nitrogens with two attached hydrogens (primary N) is 1. The maximum Gasteiger partial charge on any atom is 0.131 e. The Morgan fingerprint density at radius 2 is 1.81 bits per heavy atom. The number of hydrogen-bond acceptors (Lipinski definition) is 2. The molecule has 0 atom stereocenters. The summed E-state index contributed by atoms with van der Waals surface area (Å²) < 4.78 is 12.7. The van der Waals surface area contributed by atoms with Crippen LogP contribution in [0.3, 0.4) is 0 Å².